The van der Waals surface area contributed by atoms with Crippen LogP contribution in [0.4, 0.5) is 0 Å². The molecule has 1 fully saturated rings. The summed E-state index contributed by atoms with van der Waals surface area (Å²) >= 11 is 0. The highest BCUT2D eigenvalue weighted by Gasteiger charge is 2.24. The predicted molar refractivity (Wildman–Crippen MR) is 92.8 cm³/mol. The van der Waals surface area contributed by atoms with E-state index in [0.29, 0.717) is 31.4 Å². The van der Waals surface area contributed by atoms with Gasteiger partial charge in [0.15, 0.2) is 0 Å². The minimum atomic E-state index is -0.263. The zero-order valence-electron chi connectivity index (χ0n) is 13.7. The number of carbonyl (C=O) groups is 1. The number of ether oxygens (including phenoxy) is 2. The molecule has 1 unspecified atom stereocenters. The molecular formula is C20H23NO3. The third-order valence-electron chi connectivity index (χ3n) is 4.19. The van der Waals surface area contributed by atoms with Gasteiger partial charge in [-0.15, -0.1) is 0 Å². The SMILES string of the molecule is O=C(OCC1CC[C@@H](COCc2ccccc2)N1)c1ccccc1. The second-order valence-corrected chi connectivity index (χ2v) is 6.10. The average Bonchev–Trinajstić information content (AvgIpc) is 3.09. The molecule has 0 spiro atoms. The molecule has 2 aromatic carbocycles. The lowest BCUT2D eigenvalue weighted by Crippen LogP contribution is -2.35. The molecule has 2 aromatic rings. The topological polar surface area (TPSA) is 47.6 Å². The first kappa shape index (κ1) is 16.7. The van der Waals surface area contributed by atoms with E-state index in [1.165, 1.54) is 5.56 Å². The molecule has 0 bridgehead atoms. The Morgan fingerprint density at radius 2 is 1.54 bits per heavy atom. The minimum Gasteiger partial charge on any atom is -0.460 e. The van der Waals surface area contributed by atoms with Crippen molar-refractivity contribution in [1.29, 1.82) is 0 Å². The van der Waals surface area contributed by atoms with Crippen molar-refractivity contribution in [3.05, 3.63) is 71.8 Å². The Morgan fingerprint density at radius 3 is 2.25 bits per heavy atom. The fraction of sp³-hybridized carbons (Fsp3) is 0.350. The molecule has 0 aromatic heterocycles. The van der Waals surface area contributed by atoms with E-state index in [2.05, 4.69) is 17.4 Å². The molecule has 126 valence electrons. The van der Waals surface area contributed by atoms with Crippen LogP contribution in [0.1, 0.15) is 28.8 Å². The van der Waals surface area contributed by atoms with Crippen LogP contribution in [0.2, 0.25) is 0 Å². The Morgan fingerprint density at radius 1 is 0.917 bits per heavy atom. The molecule has 0 saturated carbocycles. The molecule has 0 aliphatic carbocycles. The molecule has 2 atom stereocenters. The molecule has 0 amide bonds. The van der Waals surface area contributed by atoms with Crippen molar-refractivity contribution in [2.24, 2.45) is 0 Å². The number of esters is 1. The van der Waals surface area contributed by atoms with Crippen LogP contribution in [0.15, 0.2) is 60.7 Å². The van der Waals surface area contributed by atoms with Crippen molar-refractivity contribution in [3.8, 4) is 0 Å². The van der Waals surface area contributed by atoms with Crippen molar-refractivity contribution >= 4 is 5.97 Å². The molecule has 1 aliphatic heterocycles. The Hall–Kier alpha value is -2.17. The smallest absolute Gasteiger partial charge is 0.338 e. The summed E-state index contributed by atoms with van der Waals surface area (Å²) in [6, 6.07) is 19.8. The summed E-state index contributed by atoms with van der Waals surface area (Å²) < 4.78 is 11.2. The van der Waals surface area contributed by atoms with Crippen molar-refractivity contribution in [1.82, 2.24) is 5.32 Å². The summed E-state index contributed by atoms with van der Waals surface area (Å²) in [6.45, 7) is 1.72. The van der Waals surface area contributed by atoms with Gasteiger partial charge in [-0.3, -0.25) is 0 Å². The number of benzene rings is 2. The van der Waals surface area contributed by atoms with Gasteiger partial charge in [0, 0.05) is 12.1 Å². The van der Waals surface area contributed by atoms with Crippen LogP contribution in [0, 0.1) is 0 Å². The van der Waals surface area contributed by atoms with Gasteiger partial charge < -0.3 is 14.8 Å². The first-order chi connectivity index (χ1) is 11.8. The fourth-order valence-electron chi connectivity index (χ4n) is 2.89. The van der Waals surface area contributed by atoms with Crippen LogP contribution in [0.25, 0.3) is 0 Å². The van der Waals surface area contributed by atoms with E-state index in [0.717, 1.165) is 12.8 Å². The molecule has 1 heterocycles. The van der Waals surface area contributed by atoms with Gasteiger partial charge in [-0.2, -0.15) is 0 Å². The van der Waals surface area contributed by atoms with Crippen molar-refractivity contribution in [2.75, 3.05) is 13.2 Å². The molecule has 0 radical (unpaired) electrons. The standard InChI is InChI=1S/C20H23NO3/c22-20(17-9-5-2-6-10-17)24-15-19-12-11-18(21-19)14-23-13-16-7-3-1-4-8-16/h1-10,18-19,21H,11-15H2/t18-,19?/m0/s1. The second kappa shape index (κ2) is 8.62. The maximum absolute atomic E-state index is 11.9. The highest BCUT2D eigenvalue weighted by Crippen LogP contribution is 2.14. The molecular weight excluding hydrogens is 302 g/mol. The Labute approximate surface area is 142 Å². The van der Waals surface area contributed by atoms with Crippen LogP contribution in [-0.2, 0) is 16.1 Å². The van der Waals surface area contributed by atoms with E-state index in [4.69, 9.17) is 9.47 Å². The maximum Gasteiger partial charge on any atom is 0.338 e. The first-order valence-corrected chi connectivity index (χ1v) is 8.41. The first-order valence-electron chi connectivity index (χ1n) is 8.41. The van der Waals surface area contributed by atoms with E-state index < -0.39 is 0 Å². The largest absolute Gasteiger partial charge is 0.460 e. The van der Waals surface area contributed by atoms with Crippen LogP contribution in [0.5, 0.6) is 0 Å². The summed E-state index contributed by atoms with van der Waals surface area (Å²) in [6.07, 6.45) is 2.05. The Kier molecular flexibility index (Phi) is 5.99. The van der Waals surface area contributed by atoms with Gasteiger partial charge in [0.05, 0.1) is 18.8 Å². The van der Waals surface area contributed by atoms with Gasteiger partial charge in [-0.25, -0.2) is 4.79 Å². The molecule has 1 aliphatic rings. The summed E-state index contributed by atoms with van der Waals surface area (Å²) in [7, 11) is 0. The van der Waals surface area contributed by atoms with E-state index >= 15 is 0 Å². The third-order valence-corrected chi connectivity index (χ3v) is 4.19. The lowest BCUT2D eigenvalue weighted by molar-refractivity contribution is 0.0465. The summed E-state index contributed by atoms with van der Waals surface area (Å²) in [5, 5.41) is 3.48. The highest BCUT2D eigenvalue weighted by atomic mass is 16.5. The normalized spacial score (nSPS) is 20.0. The maximum atomic E-state index is 11.9. The molecule has 4 heteroatoms. The van der Waals surface area contributed by atoms with E-state index in [-0.39, 0.29) is 12.0 Å². The third kappa shape index (κ3) is 4.91. The summed E-state index contributed by atoms with van der Waals surface area (Å²) in [5.74, 6) is -0.263. The zero-order valence-corrected chi connectivity index (χ0v) is 13.7. The molecule has 3 rings (SSSR count). The minimum absolute atomic E-state index is 0.211. The quantitative estimate of drug-likeness (QED) is 0.794. The monoisotopic (exact) mass is 325 g/mol. The van der Waals surface area contributed by atoms with Crippen LogP contribution >= 0.6 is 0 Å². The zero-order chi connectivity index (χ0) is 16.6. The van der Waals surface area contributed by atoms with Gasteiger partial charge in [0.25, 0.3) is 0 Å². The van der Waals surface area contributed by atoms with Crippen LogP contribution in [0.3, 0.4) is 0 Å². The molecule has 4 nitrogen and oxygen atoms in total. The van der Waals surface area contributed by atoms with Crippen LogP contribution in [-0.4, -0.2) is 31.3 Å². The number of nitrogens with one attached hydrogen (secondary N) is 1. The molecule has 1 N–H and O–H groups in total. The van der Waals surface area contributed by atoms with Gasteiger partial charge in [-0.05, 0) is 30.5 Å². The van der Waals surface area contributed by atoms with Crippen LogP contribution < -0.4 is 5.32 Å². The summed E-state index contributed by atoms with van der Waals surface area (Å²) in [4.78, 5) is 11.9. The van der Waals surface area contributed by atoms with Gasteiger partial charge in [0.1, 0.15) is 6.61 Å². The van der Waals surface area contributed by atoms with E-state index in [9.17, 15) is 4.79 Å². The fourth-order valence-corrected chi connectivity index (χ4v) is 2.89. The number of hydrogen-bond acceptors (Lipinski definition) is 4. The van der Waals surface area contributed by atoms with E-state index in [1.54, 1.807) is 12.1 Å². The average molecular weight is 325 g/mol. The lowest BCUT2D eigenvalue weighted by Gasteiger charge is -2.15. The van der Waals surface area contributed by atoms with E-state index in [1.807, 2.05) is 36.4 Å². The Balaban J connectivity index is 1.34. The van der Waals surface area contributed by atoms with Crippen molar-refractivity contribution < 1.29 is 14.3 Å². The number of hydrogen-bond donors (Lipinski definition) is 1. The second-order valence-electron chi connectivity index (χ2n) is 6.10. The van der Waals surface area contributed by atoms with Gasteiger partial charge in [-0.1, -0.05) is 48.5 Å². The Bertz CT molecular complexity index is 630. The van der Waals surface area contributed by atoms with Gasteiger partial charge >= 0.3 is 5.97 Å². The van der Waals surface area contributed by atoms with Crippen molar-refractivity contribution in [2.45, 2.75) is 31.5 Å². The molecule has 24 heavy (non-hydrogen) atoms. The van der Waals surface area contributed by atoms with Gasteiger partial charge in [0.2, 0.25) is 0 Å². The highest BCUT2D eigenvalue weighted by molar-refractivity contribution is 5.89. The molecule has 1 saturated heterocycles. The summed E-state index contributed by atoms with van der Waals surface area (Å²) in [5.41, 5.74) is 1.78. The van der Waals surface area contributed by atoms with Crippen molar-refractivity contribution in [3.63, 3.8) is 0 Å². The number of carbonyl (C=O) groups excluding carboxylic acids is 1. The lowest BCUT2D eigenvalue weighted by atomic mass is 10.2. The number of rotatable bonds is 7. The predicted octanol–water partition coefficient (Wildman–Crippen LogP) is 3.18.